The first-order chi connectivity index (χ1) is 7.19. The molecule has 2 nitrogen and oxygen atoms in total. The van der Waals surface area contributed by atoms with Crippen LogP contribution in [0.5, 0.6) is 0 Å². The molecule has 1 aromatic rings. The first-order valence-electron chi connectivity index (χ1n) is 5.49. The number of hydrogen-bond donors (Lipinski definition) is 1. The van der Waals surface area contributed by atoms with Crippen molar-refractivity contribution < 1.29 is 0 Å². The summed E-state index contributed by atoms with van der Waals surface area (Å²) in [6, 6.07) is 6.13. The predicted octanol–water partition coefficient (Wildman–Crippen LogP) is 3.50. The Balaban J connectivity index is 2.81. The van der Waals surface area contributed by atoms with E-state index in [0.29, 0.717) is 0 Å². The van der Waals surface area contributed by atoms with Crippen LogP contribution in [0.25, 0.3) is 0 Å². The van der Waals surface area contributed by atoms with Gasteiger partial charge >= 0.3 is 0 Å². The zero-order valence-corrected chi connectivity index (χ0v) is 11.6. The van der Waals surface area contributed by atoms with E-state index in [1.54, 1.807) is 0 Å². The fourth-order valence-corrected chi connectivity index (χ4v) is 2.46. The van der Waals surface area contributed by atoms with E-state index < -0.39 is 0 Å². The van der Waals surface area contributed by atoms with Gasteiger partial charge in [0.15, 0.2) is 0 Å². The van der Waals surface area contributed by atoms with Crippen molar-refractivity contribution in [3.63, 3.8) is 0 Å². The summed E-state index contributed by atoms with van der Waals surface area (Å²) in [6.45, 7) is 6.61. The summed E-state index contributed by atoms with van der Waals surface area (Å²) in [4.78, 5) is 2.41. The van der Waals surface area contributed by atoms with Crippen molar-refractivity contribution in [2.45, 2.75) is 26.7 Å². The van der Waals surface area contributed by atoms with Gasteiger partial charge in [-0.25, -0.2) is 0 Å². The lowest BCUT2D eigenvalue weighted by atomic mass is 10.2. The first-order valence-corrected chi connectivity index (χ1v) is 6.56. The largest absolute Gasteiger partial charge is 0.399 e. The van der Waals surface area contributed by atoms with E-state index >= 15 is 0 Å². The van der Waals surface area contributed by atoms with Gasteiger partial charge in [-0.05, 0) is 54.1 Å². The highest BCUT2D eigenvalue weighted by molar-refractivity contribution is 14.1. The Kier molecular flexibility index (Phi) is 5.22. The Hall–Kier alpha value is -0.450. The normalized spacial score (nSPS) is 10.3. The Morgan fingerprint density at radius 1 is 1.33 bits per heavy atom. The minimum Gasteiger partial charge on any atom is -0.399 e. The van der Waals surface area contributed by atoms with Crippen molar-refractivity contribution in [1.29, 1.82) is 0 Å². The number of hydrogen-bond acceptors (Lipinski definition) is 2. The van der Waals surface area contributed by atoms with E-state index in [0.717, 1.165) is 18.8 Å². The van der Waals surface area contributed by atoms with Gasteiger partial charge in [0.1, 0.15) is 0 Å². The molecule has 1 rings (SSSR count). The third-order valence-corrected chi connectivity index (χ3v) is 3.34. The number of rotatable bonds is 5. The van der Waals surface area contributed by atoms with E-state index in [-0.39, 0.29) is 0 Å². The highest BCUT2D eigenvalue weighted by Crippen LogP contribution is 2.24. The molecular formula is C12H19IN2. The van der Waals surface area contributed by atoms with Gasteiger partial charge in [-0.1, -0.05) is 13.3 Å². The number of unbranched alkanes of at least 4 members (excludes halogenated alkanes) is 1. The maximum absolute atomic E-state index is 5.75. The molecule has 0 saturated carbocycles. The lowest BCUT2D eigenvalue weighted by Gasteiger charge is -2.24. The molecule has 0 radical (unpaired) electrons. The van der Waals surface area contributed by atoms with Crippen LogP contribution < -0.4 is 10.6 Å². The summed E-state index contributed by atoms with van der Waals surface area (Å²) < 4.78 is 1.24. The maximum atomic E-state index is 5.75. The van der Waals surface area contributed by atoms with Crippen LogP contribution in [-0.2, 0) is 0 Å². The van der Waals surface area contributed by atoms with Gasteiger partial charge in [0, 0.05) is 22.3 Å². The minimum atomic E-state index is 0.842. The fraction of sp³-hybridized carbons (Fsp3) is 0.500. The molecule has 0 saturated heterocycles. The fourth-order valence-electron chi connectivity index (χ4n) is 1.58. The summed E-state index contributed by atoms with van der Waals surface area (Å²) in [5.74, 6) is 0. The van der Waals surface area contributed by atoms with Gasteiger partial charge in [0.2, 0.25) is 0 Å². The second kappa shape index (κ2) is 6.20. The lowest BCUT2D eigenvalue weighted by molar-refractivity contribution is 0.731. The number of anilines is 2. The van der Waals surface area contributed by atoms with Crippen molar-refractivity contribution in [2.75, 3.05) is 23.7 Å². The van der Waals surface area contributed by atoms with E-state index in [2.05, 4.69) is 47.4 Å². The Morgan fingerprint density at radius 3 is 2.60 bits per heavy atom. The quantitative estimate of drug-likeness (QED) is 0.665. The molecule has 0 unspecified atom stereocenters. The average molecular weight is 318 g/mol. The van der Waals surface area contributed by atoms with Crippen molar-refractivity contribution in [3.8, 4) is 0 Å². The van der Waals surface area contributed by atoms with Crippen LogP contribution in [0, 0.1) is 3.57 Å². The van der Waals surface area contributed by atoms with Gasteiger partial charge < -0.3 is 10.6 Å². The zero-order valence-electron chi connectivity index (χ0n) is 9.46. The zero-order chi connectivity index (χ0) is 11.3. The van der Waals surface area contributed by atoms with Crippen LogP contribution in [0.2, 0.25) is 0 Å². The van der Waals surface area contributed by atoms with Crippen molar-refractivity contribution in [1.82, 2.24) is 0 Å². The van der Waals surface area contributed by atoms with Crippen LogP contribution in [0.15, 0.2) is 18.2 Å². The van der Waals surface area contributed by atoms with Crippen molar-refractivity contribution in [2.24, 2.45) is 0 Å². The van der Waals surface area contributed by atoms with Crippen LogP contribution >= 0.6 is 22.6 Å². The van der Waals surface area contributed by atoms with E-state index in [9.17, 15) is 0 Å². The third-order valence-electron chi connectivity index (χ3n) is 2.48. The lowest BCUT2D eigenvalue weighted by Crippen LogP contribution is -2.24. The summed E-state index contributed by atoms with van der Waals surface area (Å²) in [5.41, 5.74) is 7.89. The predicted molar refractivity (Wildman–Crippen MR) is 76.4 cm³/mol. The van der Waals surface area contributed by atoms with Crippen LogP contribution in [0.1, 0.15) is 26.7 Å². The van der Waals surface area contributed by atoms with Crippen molar-refractivity contribution in [3.05, 3.63) is 21.8 Å². The molecule has 0 heterocycles. The summed E-state index contributed by atoms with van der Waals surface area (Å²) in [7, 11) is 0. The second-order valence-electron chi connectivity index (χ2n) is 3.64. The molecule has 0 aliphatic rings. The van der Waals surface area contributed by atoms with Crippen LogP contribution in [0.4, 0.5) is 11.4 Å². The molecule has 0 amide bonds. The van der Waals surface area contributed by atoms with Crippen LogP contribution in [-0.4, -0.2) is 13.1 Å². The second-order valence-corrected chi connectivity index (χ2v) is 4.81. The van der Waals surface area contributed by atoms with Gasteiger partial charge in [0.05, 0.1) is 5.69 Å². The van der Waals surface area contributed by atoms with Gasteiger partial charge in [0.25, 0.3) is 0 Å². The summed E-state index contributed by atoms with van der Waals surface area (Å²) in [6.07, 6.45) is 2.48. The summed E-state index contributed by atoms with van der Waals surface area (Å²) >= 11 is 2.35. The monoisotopic (exact) mass is 318 g/mol. The van der Waals surface area contributed by atoms with E-state index in [1.807, 2.05) is 12.1 Å². The minimum absolute atomic E-state index is 0.842. The molecule has 1 aromatic carbocycles. The Bertz CT molecular complexity index is 312. The molecule has 2 N–H and O–H groups in total. The van der Waals surface area contributed by atoms with Gasteiger partial charge in [-0.2, -0.15) is 0 Å². The van der Waals surface area contributed by atoms with Crippen LogP contribution in [0.3, 0.4) is 0 Å². The third kappa shape index (κ3) is 3.55. The van der Waals surface area contributed by atoms with Gasteiger partial charge in [-0.3, -0.25) is 0 Å². The van der Waals surface area contributed by atoms with E-state index in [4.69, 9.17) is 5.73 Å². The number of nitrogens with two attached hydrogens (primary N) is 1. The highest BCUT2D eigenvalue weighted by atomic mass is 127. The molecule has 0 fully saturated rings. The Morgan fingerprint density at radius 2 is 2.07 bits per heavy atom. The number of benzene rings is 1. The maximum Gasteiger partial charge on any atom is 0.0503 e. The Labute approximate surface area is 106 Å². The molecule has 0 aliphatic heterocycles. The number of nitrogen functional groups attached to an aromatic ring is 1. The standard InChI is InChI=1S/C12H19IN2/c1-3-5-8-15(4-2)12-7-6-10(14)9-11(12)13/h6-7,9H,3-5,8,14H2,1-2H3. The smallest absolute Gasteiger partial charge is 0.0503 e. The molecule has 0 atom stereocenters. The average Bonchev–Trinajstić information content (AvgIpc) is 2.21. The topological polar surface area (TPSA) is 29.3 Å². The molecular weight excluding hydrogens is 299 g/mol. The molecule has 0 aromatic heterocycles. The van der Waals surface area contributed by atoms with Gasteiger partial charge in [-0.15, -0.1) is 0 Å². The molecule has 0 aliphatic carbocycles. The molecule has 84 valence electrons. The number of halogens is 1. The first kappa shape index (κ1) is 12.6. The molecule has 0 bridgehead atoms. The van der Waals surface area contributed by atoms with E-state index in [1.165, 1.54) is 22.1 Å². The number of nitrogens with zero attached hydrogens (tertiary/aromatic N) is 1. The SMILES string of the molecule is CCCCN(CC)c1ccc(N)cc1I. The molecule has 3 heteroatoms. The molecule has 0 spiro atoms. The van der Waals surface area contributed by atoms with Crippen molar-refractivity contribution >= 4 is 34.0 Å². The molecule has 15 heavy (non-hydrogen) atoms. The highest BCUT2D eigenvalue weighted by Gasteiger charge is 2.07. The summed E-state index contributed by atoms with van der Waals surface area (Å²) in [5, 5.41) is 0.